The van der Waals surface area contributed by atoms with E-state index in [4.69, 9.17) is 5.73 Å². The van der Waals surface area contributed by atoms with Crippen molar-refractivity contribution in [2.45, 2.75) is 38.1 Å². The predicted octanol–water partition coefficient (Wildman–Crippen LogP) is 0.443. The molecule has 0 saturated heterocycles. The number of amides is 1. The molecule has 1 aromatic heterocycles. The number of hydrogen-bond acceptors (Lipinski definition) is 4. The van der Waals surface area contributed by atoms with E-state index in [0.29, 0.717) is 30.8 Å². The van der Waals surface area contributed by atoms with Gasteiger partial charge in [0.05, 0.1) is 12.7 Å². The van der Waals surface area contributed by atoms with Gasteiger partial charge in [0.1, 0.15) is 5.69 Å². The lowest BCUT2D eigenvalue weighted by molar-refractivity contribution is 0.0949. The number of aliphatic imine (C=N–C) groups is 1. The normalized spacial score (nSPS) is 16.5. The maximum atomic E-state index is 11.7. The fourth-order valence-electron chi connectivity index (χ4n) is 2.35. The molecule has 0 atom stereocenters. The SMILES string of the molecule is NC(=NCCNC(=O)c1cnccn1)NC1CCCCC1. The quantitative estimate of drug-likeness (QED) is 0.414. The molecule has 0 radical (unpaired) electrons. The van der Waals surface area contributed by atoms with Crippen LogP contribution < -0.4 is 16.4 Å². The van der Waals surface area contributed by atoms with Gasteiger partial charge in [0, 0.05) is 25.0 Å². The Kier molecular flexibility index (Phi) is 5.93. The zero-order valence-electron chi connectivity index (χ0n) is 12.1. The third-order valence-electron chi connectivity index (χ3n) is 3.43. The molecule has 1 amide bonds. The fraction of sp³-hybridized carbons (Fsp3) is 0.571. The Morgan fingerprint density at radius 2 is 2.14 bits per heavy atom. The number of nitrogens with zero attached hydrogens (tertiary/aromatic N) is 3. The Morgan fingerprint density at radius 1 is 1.33 bits per heavy atom. The van der Waals surface area contributed by atoms with Crippen LogP contribution in [0.4, 0.5) is 0 Å². The monoisotopic (exact) mass is 290 g/mol. The first kappa shape index (κ1) is 15.2. The van der Waals surface area contributed by atoms with Gasteiger partial charge in [0.2, 0.25) is 0 Å². The first-order valence-corrected chi connectivity index (χ1v) is 7.36. The lowest BCUT2D eigenvalue weighted by Gasteiger charge is -2.23. The Hall–Kier alpha value is -2.18. The molecule has 1 saturated carbocycles. The molecule has 1 aliphatic carbocycles. The van der Waals surface area contributed by atoms with Crippen molar-refractivity contribution >= 4 is 11.9 Å². The largest absolute Gasteiger partial charge is 0.370 e. The lowest BCUT2D eigenvalue weighted by atomic mass is 9.96. The van der Waals surface area contributed by atoms with Gasteiger partial charge in [0.25, 0.3) is 5.91 Å². The number of aromatic nitrogens is 2. The van der Waals surface area contributed by atoms with Gasteiger partial charge in [-0.1, -0.05) is 19.3 Å². The van der Waals surface area contributed by atoms with Crippen LogP contribution in [0.15, 0.2) is 23.6 Å². The Bertz CT molecular complexity index is 470. The highest BCUT2D eigenvalue weighted by Crippen LogP contribution is 2.16. The van der Waals surface area contributed by atoms with E-state index >= 15 is 0 Å². The average Bonchev–Trinajstić information content (AvgIpc) is 2.53. The van der Waals surface area contributed by atoms with Gasteiger partial charge in [-0.3, -0.25) is 14.8 Å². The topological polar surface area (TPSA) is 105 Å². The van der Waals surface area contributed by atoms with Crippen LogP contribution in [0, 0.1) is 0 Å². The number of carbonyl (C=O) groups is 1. The number of rotatable bonds is 5. The van der Waals surface area contributed by atoms with Gasteiger partial charge in [0.15, 0.2) is 5.96 Å². The molecule has 7 nitrogen and oxygen atoms in total. The van der Waals surface area contributed by atoms with E-state index < -0.39 is 0 Å². The standard InChI is InChI=1S/C14H22N6O/c15-14(20-11-4-2-1-3-5-11)19-9-8-18-13(21)12-10-16-6-7-17-12/h6-7,10-11H,1-5,8-9H2,(H,18,21)(H3,15,19,20). The molecule has 0 aromatic carbocycles. The number of nitrogens with two attached hydrogens (primary N) is 1. The van der Waals surface area contributed by atoms with Crippen LogP contribution in [0.25, 0.3) is 0 Å². The van der Waals surface area contributed by atoms with E-state index in [2.05, 4.69) is 25.6 Å². The van der Waals surface area contributed by atoms with Gasteiger partial charge in [-0.2, -0.15) is 0 Å². The summed E-state index contributed by atoms with van der Waals surface area (Å²) in [5, 5.41) is 5.96. The van der Waals surface area contributed by atoms with Crippen molar-refractivity contribution in [1.29, 1.82) is 0 Å². The van der Waals surface area contributed by atoms with Gasteiger partial charge >= 0.3 is 0 Å². The van der Waals surface area contributed by atoms with Crippen LogP contribution in [-0.4, -0.2) is 41.0 Å². The minimum atomic E-state index is -0.253. The van der Waals surface area contributed by atoms with Crippen molar-refractivity contribution in [2.24, 2.45) is 10.7 Å². The van der Waals surface area contributed by atoms with Gasteiger partial charge in [-0.05, 0) is 12.8 Å². The maximum Gasteiger partial charge on any atom is 0.271 e. The molecule has 1 aliphatic rings. The van der Waals surface area contributed by atoms with E-state index in [1.165, 1.54) is 37.9 Å². The smallest absolute Gasteiger partial charge is 0.271 e. The van der Waals surface area contributed by atoms with Crippen LogP contribution in [0.5, 0.6) is 0 Å². The molecule has 0 unspecified atom stereocenters. The first-order valence-electron chi connectivity index (χ1n) is 7.36. The number of guanidine groups is 1. The van der Waals surface area contributed by atoms with E-state index in [1.807, 2.05) is 0 Å². The molecule has 4 N–H and O–H groups in total. The zero-order chi connectivity index (χ0) is 14.9. The molecule has 0 spiro atoms. The second-order valence-corrected chi connectivity index (χ2v) is 5.09. The highest BCUT2D eigenvalue weighted by molar-refractivity contribution is 5.91. The molecule has 0 aliphatic heterocycles. The molecular weight excluding hydrogens is 268 g/mol. The molecule has 21 heavy (non-hydrogen) atoms. The molecule has 2 rings (SSSR count). The highest BCUT2D eigenvalue weighted by Gasteiger charge is 2.13. The van der Waals surface area contributed by atoms with E-state index in [0.717, 1.165) is 12.8 Å². The minimum Gasteiger partial charge on any atom is -0.370 e. The van der Waals surface area contributed by atoms with Gasteiger partial charge in [-0.15, -0.1) is 0 Å². The molecule has 1 aromatic rings. The van der Waals surface area contributed by atoms with Crippen molar-refractivity contribution in [1.82, 2.24) is 20.6 Å². The van der Waals surface area contributed by atoms with Crippen molar-refractivity contribution in [2.75, 3.05) is 13.1 Å². The summed E-state index contributed by atoms with van der Waals surface area (Å²) in [4.78, 5) is 23.7. The van der Waals surface area contributed by atoms with E-state index in [9.17, 15) is 4.79 Å². The summed E-state index contributed by atoms with van der Waals surface area (Å²) in [7, 11) is 0. The number of carbonyl (C=O) groups excluding carboxylic acids is 1. The molecule has 7 heteroatoms. The highest BCUT2D eigenvalue weighted by atomic mass is 16.1. The number of hydrogen-bond donors (Lipinski definition) is 3. The summed E-state index contributed by atoms with van der Waals surface area (Å²) >= 11 is 0. The first-order chi connectivity index (χ1) is 10.3. The van der Waals surface area contributed by atoms with Crippen molar-refractivity contribution in [3.8, 4) is 0 Å². The minimum absolute atomic E-state index is 0.253. The zero-order valence-corrected chi connectivity index (χ0v) is 12.1. The fourth-order valence-corrected chi connectivity index (χ4v) is 2.35. The van der Waals surface area contributed by atoms with E-state index in [1.54, 1.807) is 0 Å². The summed E-state index contributed by atoms with van der Waals surface area (Å²) in [6.07, 6.45) is 10.6. The molecular formula is C14H22N6O. The summed E-state index contributed by atoms with van der Waals surface area (Å²) in [6, 6.07) is 0.441. The molecule has 0 bridgehead atoms. The van der Waals surface area contributed by atoms with Crippen LogP contribution in [0.3, 0.4) is 0 Å². The van der Waals surface area contributed by atoms with Gasteiger partial charge in [-0.25, -0.2) is 4.98 Å². The maximum absolute atomic E-state index is 11.7. The van der Waals surface area contributed by atoms with Crippen molar-refractivity contribution < 1.29 is 4.79 Å². The van der Waals surface area contributed by atoms with Gasteiger partial charge < -0.3 is 16.4 Å². The summed E-state index contributed by atoms with van der Waals surface area (Å²) in [5.74, 6) is 0.202. The Balaban J connectivity index is 1.66. The third-order valence-corrected chi connectivity index (χ3v) is 3.43. The van der Waals surface area contributed by atoms with Crippen molar-refractivity contribution in [3.63, 3.8) is 0 Å². The Morgan fingerprint density at radius 3 is 2.86 bits per heavy atom. The number of nitrogens with one attached hydrogen (secondary N) is 2. The van der Waals surface area contributed by atoms with Crippen molar-refractivity contribution in [3.05, 3.63) is 24.3 Å². The molecule has 114 valence electrons. The van der Waals surface area contributed by atoms with Crippen LogP contribution in [0.1, 0.15) is 42.6 Å². The van der Waals surface area contributed by atoms with Crippen LogP contribution in [0.2, 0.25) is 0 Å². The predicted molar refractivity (Wildman–Crippen MR) is 80.9 cm³/mol. The van der Waals surface area contributed by atoms with Crippen LogP contribution >= 0.6 is 0 Å². The lowest BCUT2D eigenvalue weighted by Crippen LogP contribution is -2.41. The van der Waals surface area contributed by atoms with Crippen LogP contribution in [-0.2, 0) is 0 Å². The molecule has 1 heterocycles. The summed E-state index contributed by atoms with van der Waals surface area (Å²) in [5.41, 5.74) is 6.14. The molecule has 1 fully saturated rings. The average molecular weight is 290 g/mol. The second kappa shape index (κ2) is 8.18. The summed E-state index contributed by atoms with van der Waals surface area (Å²) < 4.78 is 0. The van der Waals surface area contributed by atoms with E-state index in [-0.39, 0.29) is 5.91 Å². The summed E-state index contributed by atoms with van der Waals surface area (Å²) in [6.45, 7) is 0.861. The Labute approximate surface area is 124 Å². The second-order valence-electron chi connectivity index (χ2n) is 5.09. The third kappa shape index (κ3) is 5.37.